The van der Waals surface area contributed by atoms with Crippen LogP contribution in [0.25, 0.3) is 10.9 Å². The molecule has 2 aliphatic carbocycles. The van der Waals surface area contributed by atoms with E-state index in [1.165, 1.54) is 38.4 Å². The number of anilines is 1. The summed E-state index contributed by atoms with van der Waals surface area (Å²) in [5.74, 6) is 0.802. The van der Waals surface area contributed by atoms with E-state index in [0.717, 1.165) is 25.7 Å². The van der Waals surface area contributed by atoms with Gasteiger partial charge in [-0.25, -0.2) is 9.97 Å². The zero-order valence-corrected chi connectivity index (χ0v) is 19.5. The molecule has 0 radical (unpaired) electrons. The Kier molecular flexibility index (Phi) is 7.74. The summed E-state index contributed by atoms with van der Waals surface area (Å²) in [4.78, 5) is 34.0. The highest BCUT2D eigenvalue weighted by molar-refractivity contribution is 6.20. The molecule has 9 nitrogen and oxygen atoms in total. The van der Waals surface area contributed by atoms with Gasteiger partial charge in [0.25, 0.3) is 0 Å². The minimum absolute atomic E-state index is 0.0213. The van der Waals surface area contributed by atoms with Crippen molar-refractivity contribution in [3.05, 3.63) is 42.1 Å². The van der Waals surface area contributed by atoms with E-state index in [2.05, 4.69) is 15.3 Å². The summed E-state index contributed by atoms with van der Waals surface area (Å²) in [7, 11) is 3.13. The molecule has 0 bridgehead atoms. The highest BCUT2D eigenvalue weighted by Crippen LogP contribution is 2.34. The van der Waals surface area contributed by atoms with Crippen LogP contribution < -0.4 is 14.8 Å². The van der Waals surface area contributed by atoms with Crippen molar-refractivity contribution in [3.63, 3.8) is 0 Å². The molecular formula is C25H29N3O6. The first kappa shape index (κ1) is 23.7. The average Bonchev–Trinajstić information content (AvgIpc) is 3.11. The molecule has 4 rings (SSSR count). The number of nitrogens with one attached hydrogen (secondary N) is 1. The third-order valence-electron chi connectivity index (χ3n) is 5.86. The van der Waals surface area contributed by atoms with Crippen molar-refractivity contribution in [3.8, 4) is 11.5 Å². The number of fused-ring (bicyclic) bond motifs is 1. The topological polar surface area (TPSA) is 109 Å². The van der Waals surface area contributed by atoms with E-state index in [9.17, 15) is 9.59 Å². The maximum Gasteiger partial charge on any atom is 0.222 e. The molecule has 1 saturated carbocycles. The molecule has 0 atom stereocenters. The number of hydrogen-bond donors (Lipinski definition) is 1. The predicted molar refractivity (Wildman–Crippen MR) is 126 cm³/mol. The van der Waals surface area contributed by atoms with Gasteiger partial charge in [-0.1, -0.05) is 12.8 Å². The molecule has 0 amide bonds. The first-order valence-corrected chi connectivity index (χ1v) is 11.5. The Hall–Kier alpha value is -3.46. The zero-order chi connectivity index (χ0) is 23.9. The number of benzene rings is 1. The molecule has 1 aromatic heterocycles. The van der Waals surface area contributed by atoms with Gasteiger partial charge < -0.3 is 24.3 Å². The number of carbonyl (C=O) groups excluding carboxylic acids is 2. The van der Waals surface area contributed by atoms with Crippen molar-refractivity contribution in [2.24, 2.45) is 0 Å². The lowest BCUT2D eigenvalue weighted by atomic mass is 10.1. The van der Waals surface area contributed by atoms with Gasteiger partial charge >= 0.3 is 0 Å². The van der Waals surface area contributed by atoms with Crippen LogP contribution >= 0.6 is 0 Å². The van der Waals surface area contributed by atoms with Gasteiger partial charge in [-0.2, -0.15) is 0 Å². The fourth-order valence-corrected chi connectivity index (χ4v) is 4.07. The summed E-state index contributed by atoms with van der Waals surface area (Å²) in [5.41, 5.74) is 0.714. The molecule has 0 spiro atoms. The smallest absolute Gasteiger partial charge is 0.222 e. The lowest BCUT2D eigenvalue weighted by Gasteiger charge is -2.20. The van der Waals surface area contributed by atoms with Gasteiger partial charge in [0.05, 0.1) is 31.0 Å². The van der Waals surface area contributed by atoms with Gasteiger partial charge in [0.15, 0.2) is 17.3 Å². The summed E-state index contributed by atoms with van der Waals surface area (Å²) in [6.45, 7) is 0.789. The van der Waals surface area contributed by atoms with Gasteiger partial charge in [0.1, 0.15) is 18.8 Å². The van der Waals surface area contributed by atoms with E-state index in [0.29, 0.717) is 41.4 Å². The average molecular weight is 468 g/mol. The van der Waals surface area contributed by atoms with Crippen molar-refractivity contribution < 1.29 is 28.5 Å². The second kappa shape index (κ2) is 11.1. The van der Waals surface area contributed by atoms with Gasteiger partial charge in [-0.15, -0.1) is 0 Å². The number of hydrogen-bond acceptors (Lipinski definition) is 9. The maximum atomic E-state index is 12.8. The monoisotopic (exact) mass is 467 g/mol. The molecule has 0 aliphatic heterocycles. The Morgan fingerprint density at radius 1 is 0.941 bits per heavy atom. The number of carbonyl (C=O) groups is 2. The number of ether oxygens (including phenoxy) is 4. The van der Waals surface area contributed by atoms with E-state index in [-0.39, 0.29) is 29.1 Å². The molecule has 2 aliphatic rings. The van der Waals surface area contributed by atoms with Crippen LogP contribution in [0.5, 0.6) is 11.5 Å². The minimum atomic E-state index is -0.346. The summed E-state index contributed by atoms with van der Waals surface area (Å²) in [6, 6.07) is 3.46. The van der Waals surface area contributed by atoms with Crippen molar-refractivity contribution in [2.75, 3.05) is 32.8 Å². The predicted octanol–water partition coefficient (Wildman–Crippen LogP) is 3.73. The molecule has 1 heterocycles. The summed E-state index contributed by atoms with van der Waals surface area (Å²) < 4.78 is 22.1. The van der Waals surface area contributed by atoms with Crippen LogP contribution in [0.15, 0.2) is 42.1 Å². The number of nitrogens with zero attached hydrogens (tertiary/aromatic N) is 2. The SMILES string of the molecule is COCCOc1cc2ncnc(NC3=CC(=O)C(OC4CCCCCC4)=CC3=O)c2cc1OC. The molecule has 34 heavy (non-hydrogen) atoms. The van der Waals surface area contributed by atoms with Crippen LogP contribution in [0, 0.1) is 0 Å². The van der Waals surface area contributed by atoms with Crippen LogP contribution in [0.4, 0.5) is 5.82 Å². The first-order valence-electron chi connectivity index (χ1n) is 11.5. The highest BCUT2D eigenvalue weighted by atomic mass is 16.5. The van der Waals surface area contributed by atoms with E-state index in [1.54, 1.807) is 19.2 Å². The Bertz CT molecular complexity index is 1120. The number of methoxy groups -OCH3 is 2. The van der Waals surface area contributed by atoms with Crippen LogP contribution in [-0.4, -0.2) is 55.1 Å². The van der Waals surface area contributed by atoms with Gasteiger partial charge in [0.2, 0.25) is 11.6 Å². The molecule has 0 unspecified atom stereocenters. The summed E-state index contributed by atoms with van der Waals surface area (Å²) in [6.07, 6.45) is 10.2. The Labute approximate surface area is 198 Å². The van der Waals surface area contributed by atoms with Crippen molar-refractivity contribution >= 4 is 28.3 Å². The lowest BCUT2D eigenvalue weighted by Crippen LogP contribution is -2.23. The molecule has 1 aromatic carbocycles. The third kappa shape index (κ3) is 5.53. The van der Waals surface area contributed by atoms with Crippen LogP contribution in [0.3, 0.4) is 0 Å². The molecule has 9 heteroatoms. The van der Waals surface area contributed by atoms with Crippen molar-refractivity contribution in [2.45, 2.75) is 44.6 Å². The van der Waals surface area contributed by atoms with E-state index >= 15 is 0 Å². The van der Waals surface area contributed by atoms with Crippen LogP contribution in [-0.2, 0) is 19.1 Å². The van der Waals surface area contributed by atoms with Crippen LogP contribution in [0.2, 0.25) is 0 Å². The van der Waals surface area contributed by atoms with Gasteiger partial charge in [0, 0.05) is 30.7 Å². The second-order valence-corrected chi connectivity index (χ2v) is 8.24. The molecule has 2 aromatic rings. The quantitative estimate of drug-likeness (QED) is 0.335. The molecule has 180 valence electrons. The van der Waals surface area contributed by atoms with E-state index in [4.69, 9.17) is 18.9 Å². The number of aromatic nitrogens is 2. The van der Waals surface area contributed by atoms with Gasteiger partial charge in [-0.05, 0) is 31.7 Å². The maximum absolute atomic E-state index is 12.8. The van der Waals surface area contributed by atoms with Crippen molar-refractivity contribution in [1.82, 2.24) is 9.97 Å². The molecule has 1 fully saturated rings. The zero-order valence-electron chi connectivity index (χ0n) is 19.5. The van der Waals surface area contributed by atoms with Crippen LogP contribution in [0.1, 0.15) is 38.5 Å². The Balaban J connectivity index is 1.53. The normalized spacial score (nSPS) is 17.1. The molecule has 0 saturated heterocycles. The van der Waals surface area contributed by atoms with Crippen molar-refractivity contribution in [1.29, 1.82) is 0 Å². The summed E-state index contributed by atoms with van der Waals surface area (Å²) in [5, 5.41) is 3.60. The third-order valence-corrected chi connectivity index (χ3v) is 5.86. The lowest BCUT2D eigenvalue weighted by molar-refractivity contribution is -0.118. The molecule has 1 N–H and O–H groups in total. The standard InChI is InChI=1S/C25H29N3O6/c1-31-9-10-33-24-13-18-17(11-23(24)32-2)25(27-15-26-18)28-19-12-21(30)22(14-20(19)29)34-16-7-5-3-4-6-8-16/h11-16H,3-10H2,1-2H3,(H,26,27,28). The number of rotatable bonds is 9. The fourth-order valence-electron chi connectivity index (χ4n) is 4.07. The second-order valence-electron chi connectivity index (χ2n) is 8.24. The Morgan fingerprint density at radius 3 is 2.47 bits per heavy atom. The molecular weight excluding hydrogens is 438 g/mol. The number of allylic oxidation sites excluding steroid dienone is 2. The van der Waals surface area contributed by atoms with E-state index in [1.807, 2.05) is 0 Å². The van der Waals surface area contributed by atoms with E-state index < -0.39 is 0 Å². The Morgan fingerprint density at radius 2 is 1.74 bits per heavy atom. The fraction of sp³-hybridized carbons (Fsp3) is 0.440. The first-order chi connectivity index (χ1) is 16.6. The van der Waals surface area contributed by atoms with Gasteiger partial charge in [-0.3, -0.25) is 9.59 Å². The minimum Gasteiger partial charge on any atom is -0.493 e. The number of ketones is 2. The largest absolute Gasteiger partial charge is 0.493 e. The summed E-state index contributed by atoms with van der Waals surface area (Å²) >= 11 is 0. The highest BCUT2D eigenvalue weighted by Gasteiger charge is 2.25.